The van der Waals surface area contributed by atoms with Gasteiger partial charge in [0.15, 0.2) is 0 Å². The molecule has 3 rings (SSSR count). The molecule has 0 fully saturated rings. The summed E-state index contributed by atoms with van der Waals surface area (Å²) in [5.41, 5.74) is 1.60. The summed E-state index contributed by atoms with van der Waals surface area (Å²) < 4.78 is 6.01. The van der Waals surface area contributed by atoms with E-state index in [9.17, 15) is 0 Å². The predicted molar refractivity (Wildman–Crippen MR) is 84.0 cm³/mol. The maximum absolute atomic E-state index is 6.26. The Bertz CT molecular complexity index is 655. The van der Waals surface area contributed by atoms with Crippen LogP contribution in [0.1, 0.15) is 25.5 Å². The van der Waals surface area contributed by atoms with Crippen LogP contribution in [0.4, 0.5) is 5.69 Å². The van der Waals surface area contributed by atoms with Crippen LogP contribution in [0.2, 0.25) is 10.0 Å². The molecular formula is C16H15Cl2NO. The Balaban J connectivity index is 1.99. The summed E-state index contributed by atoms with van der Waals surface area (Å²) in [5.74, 6) is 0.910. The molecule has 0 amide bonds. The van der Waals surface area contributed by atoms with E-state index in [-0.39, 0.29) is 11.6 Å². The molecule has 0 aromatic heterocycles. The molecular weight excluding hydrogens is 293 g/mol. The third-order valence-electron chi connectivity index (χ3n) is 3.55. The number of ether oxygens (including phenoxy) is 1. The van der Waals surface area contributed by atoms with Crippen molar-refractivity contribution in [3.05, 3.63) is 58.1 Å². The second-order valence-electron chi connectivity index (χ2n) is 5.42. The van der Waals surface area contributed by atoms with Crippen LogP contribution < -0.4 is 10.1 Å². The van der Waals surface area contributed by atoms with Crippen molar-refractivity contribution in [1.29, 1.82) is 0 Å². The van der Waals surface area contributed by atoms with Crippen LogP contribution in [-0.2, 0) is 0 Å². The summed E-state index contributed by atoms with van der Waals surface area (Å²) in [6, 6.07) is 13.6. The highest BCUT2D eigenvalue weighted by Gasteiger charge is 2.41. The fourth-order valence-electron chi connectivity index (χ4n) is 2.55. The molecule has 0 bridgehead atoms. The topological polar surface area (TPSA) is 21.3 Å². The molecule has 1 aliphatic heterocycles. The van der Waals surface area contributed by atoms with Gasteiger partial charge >= 0.3 is 0 Å². The van der Waals surface area contributed by atoms with Crippen LogP contribution in [0.15, 0.2) is 42.5 Å². The normalized spacial score (nSPS) is 19.3. The van der Waals surface area contributed by atoms with Crippen molar-refractivity contribution in [2.75, 3.05) is 5.32 Å². The van der Waals surface area contributed by atoms with E-state index in [1.54, 1.807) is 6.07 Å². The van der Waals surface area contributed by atoms with Gasteiger partial charge in [0.25, 0.3) is 0 Å². The molecule has 1 aliphatic rings. The quantitative estimate of drug-likeness (QED) is 0.811. The van der Waals surface area contributed by atoms with Gasteiger partial charge in [-0.15, -0.1) is 0 Å². The standard InChI is InChI=1S/C16H15Cl2NO/c1-16(2)15(10-6-3-4-9-13(10)20-16)19-12-8-5-7-11(17)14(12)18/h3-9,15,19H,1-2H3. The first-order valence-corrected chi connectivity index (χ1v) is 7.23. The van der Waals surface area contributed by atoms with Gasteiger partial charge in [-0.25, -0.2) is 0 Å². The number of rotatable bonds is 2. The molecule has 1 N–H and O–H groups in total. The molecule has 1 atom stereocenters. The molecule has 0 radical (unpaired) electrons. The molecule has 2 aromatic rings. The minimum atomic E-state index is -0.352. The summed E-state index contributed by atoms with van der Waals surface area (Å²) in [6.45, 7) is 4.12. The van der Waals surface area contributed by atoms with Crippen molar-refractivity contribution in [2.45, 2.75) is 25.5 Å². The lowest BCUT2D eigenvalue weighted by Crippen LogP contribution is -2.34. The number of hydrogen-bond acceptors (Lipinski definition) is 2. The predicted octanol–water partition coefficient (Wildman–Crippen LogP) is 5.32. The summed E-state index contributed by atoms with van der Waals surface area (Å²) in [6.07, 6.45) is 0. The molecule has 2 nitrogen and oxygen atoms in total. The number of nitrogens with one attached hydrogen (secondary N) is 1. The first-order valence-electron chi connectivity index (χ1n) is 6.47. The van der Waals surface area contributed by atoms with Gasteiger partial charge < -0.3 is 10.1 Å². The molecule has 104 valence electrons. The SMILES string of the molecule is CC1(C)Oc2ccccc2C1Nc1cccc(Cl)c1Cl. The van der Waals surface area contributed by atoms with Crippen molar-refractivity contribution in [2.24, 2.45) is 0 Å². The largest absolute Gasteiger partial charge is 0.485 e. The van der Waals surface area contributed by atoms with E-state index in [1.807, 2.05) is 30.3 Å². The minimum Gasteiger partial charge on any atom is -0.485 e. The maximum Gasteiger partial charge on any atom is 0.128 e. The van der Waals surface area contributed by atoms with E-state index in [1.165, 1.54) is 0 Å². The number of benzene rings is 2. The van der Waals surface area contributed by atoms with Crippen LogP contribution in [0.5, 0.6) is 5.75 Å². The highest BCUT2D eigenvalue weighted by atomic mass is 35.5. The smallest absolute Gasteiger partial charge is 0.128 e. The number of para-hydroxylation sites is 1. The number of anilines is 1. The molecule has 4 heteroatoms. The van der Waals surface area contributed by atoms with Gasteiger partial charge in [0.1, 0.15) is 11.4 Å². The monoisotopic (exact) mass is 307 g/mol. The lowest BCUT2D eigenvalue weighted by molar-refractivity contribution is 0.118. The molecule has 2 aromatic carbocycles. The Kier molecular flexibility index (Phi) is 3.31. The summed E-state index contributed by atoms with van der Waals surface area (Å²) in [5, 5.41) is 4.53. The van der Waals surface area contributed by atoms with Crippen molar-refractivity contribution in [3.63, 3.8) is 0 Å². The van der Waals surface area contributed by atoms with Crippen molar-refractivity contribution < 1.29 is 4.74 Å². The zero-order chi connectivity index (χ0) is 14.3. The highest BCUT2D eigenvalue weighted by molar-refractivity contribution is 6.43. The van der Waals surface area contributed by atoms with Gasteiger partial charge in [0.2, 0.25) is 0 Å². The Morgan fingerprint density at radius 1 is 1.05 bits per heavy atom. The van der Waals surface area contributed by atoms with E-state index in [0.29, 0.717) is 10.0 Å². The lowest BCUT2D eigenvalue weighted by atomic mass is 9.94. The van der Waals surface area contributed by atoms with E-state index in [2.05, 4.69) is 25.2 Å². The minimum absolute atomic E-state index is 0.0228. The number of hydrogen-bond donors (Lipinski definition) is 1. The Morgan fingerprint density at radius 2 is 1.80 bits per heavy atom. The van der Waals surface area contributed by atoms with Crippen molar-refractivity contribution in [3.8, 4) is 5.75 Å². The number of halogens is 2. The van der Waals surface area contributed by atoms with Gasteiger partial charge in [-0.3, -0.25) is 0 Å². The van der Waals surface area contributed by atoms with Crippen LogP contribution in [0, 0.1) is 0 Å². The molecule has 0 spiro atoms. The van der Waals surface area contributed by atoms with E-state index in [0.717, 1.165) is 17.0 Å². The van der Waals surface area contributed by atoms with Gasteiger partial charge in [0.05, 0.1) is 21.8 Å². The molecule has 1 unspecified atom stereocenters. The van der Waals surface area contributed by atoms with Crippen molar-refractivity contribution >= 4 is 28.9 Å². The molecule has 0 saturated carbocycles. The average molecular weight is 308 g/mol. The molecule has 1 heterocycles. The Hall–Kier alpha value is -1.38. The van der Waals surface area contributed by atoms with E-state index >= 15 is 0 Å². The first-order chi connectivity index (χ1) is 9.49. The fraction of sp³-hybridized carbons (Fsp3) is 0.250. The zero-order valence-corrected chi connectivity index (χ0v) is 12.8. The Labute approximate surface area is 128 Å². The van der Waals surface area contributed by atoms with Gasteiger partial charge in [0, 0.05) is 5.56 Å². The Morgan fingerprint density at radius 3 is 2.60 bits per heavy atom. The fourth-order valence-corrected chi connectivity index (χ4v) is 2.91. The van der Waals surface area contributed by atoms with Crippen LogP contribution in [0.25, 0.3) is 0 Å². The van der Waals surface area contributed by atoms with Crippen LogP contribution >= 0.6 is 23.2 Å². The van der Waals surface area contributed by atoms with Crippen LogP contribution in [-0.4, -0.2) is 5.60 Å². The molecule has 20 heavy (non-hydrogen) atoms. The van der Waals surface area contributed by atoms with Gasteiger partial charge in [-0.05, 0) is 32.0 Å². The van der Waals surface area contributed by atoms with Gasteiger partial charge in [-0.1, -0.05) is 47.5 Å². The first kappa shape index (κ1) is 13.6. The van der Waals surface area contributed by atoms with E-state index in [4.69, 9.17) is 27.9 Å². The van der Waals surface area contributed by atoms with E-state index < -0.39 is 0 Å². The lowest BCUT2D eigenvalue weighted by Gasteiger charge is -2.28. The third-order valence-corrected chi connectivity index (χ3v) is 4.37. The van der Waals surface area contributed by atoms with Crippen molar-refractivity contribution in [1.82, 2.24) is 0 Å². The highest BCUT2D eigenvalue weighted by Crippen LogP contribution is 2.45. The summed E-state index contributed by atoms with van der Waals surface area (Å²) >= 11 is 12.3. The third kappa shape index (κ3) is 2.23. The second kappa shape index (κ2) is 4.87. The zero-order valence-electron chi connectivity index (χ0n) is 11.3. The summed E-state index contributed by atoms with van der Waals surface area (Å²) in [4.78, 5) is 0. The van der Waals surface area contributed by atoms with Gasteiger partial charge in [-0.2, -0.15) is 0 Å². The van der Waals surface area contributed by atoms with Crippen LogP contribution in [0.3, 0.4) is 0 Å². The second-order valence-corrected chi connectivity index (χ2v) is 6.21. The maximum atomic E-state index is 6.26. The molecule has 0 aliphatic carbocycles. The average Bonchev–Trinajstić information content (AvgIpc) is 2.66. The molecule has 0 saturated heterocycles. The number of fused-ring (bicyclic) bond motifs is 1. The summed E-state index contributed by atoms with van der Waals surface area (Å²) in [7, 11) is 0.